The molecule has 0 aliphatic carbocycles. The van der Waals surface area contributed by atoms with E-state index < -0.39 is 0 Å². The number of aromatic nitrogens is 2. The maximum atomic E-state index is 13.6. The molecule has 2 aromatic rings. The molecule has 6 heteroatoms. The minimum absolute atomic E-state index is 0.108. The summed E-state index contributed by atoms with van der Waals surface area (Å²) in [7, 11) is 1.91. The summed E-state index contributed by atoms with van der Waals surface area (Å²) in [4.78, 5) is 0.673. The number of thioether (sulfide) groups is 1. The predicted octanol–water partition coefficient (Wildman–Crippen LogP) is 3.86. The first-order chi connectivity index (χ1) is 9.67. The van der Waals surface area contributed by atoms with Crippen molar-refractivity contribution in [1.82, 2.24) is 15.1 Å². The van der Waals surface area contributed by atoms with Gasteiger partial charge in [-0.1, -0.05) is 12.1 Å². The normalized spacial score (nSPS) is 12.6. The minimum Gasteiger partial charge on any atom is -0.311 e. The third-order valence-corrected chi connectivity index (χ3v) is 4.81. The number of benzene rings is 1. The lowest BCUT2D eigenvalue weighted by Gasteiger charge is -2.18. The minimum atomic E-state index is -0.171. The van der Waals surface area contributed by atoms with E-state index in [1.165, 1.54) is 17.8 Å². The zero-order chi connectivity index (χ0) is 14.5. The van der Waals surface area contributed by atoms with Crippen molar-refractivity contribution in [1.29, 1.82) is 0 Å². The Morgan fingerprint density at radius 3 is 2.85 bits per heavy atom. The fourth-order valence-electron chi connectivity index (χ4n) is 2.00. The molecule has 20 heavy (non-hydrogen) atoms. The summed E-state index contributed by atoms with van der Waals surface area (Å²) in [5.74, 6) is 0.567. The van der Waals surface area contributed by atoms with Crippen molar-refractivity contribution in [2.24, 2.45) is 0 Å². The lowest BCUT2D eigenvalue weighted by Crippen LogP contribution is -2.22. The highest BCUT2D eigenvalue weighted by Crippen LogP contribution is 2.30. The largest absolute Gasteiger partial charge is 0.311 e. The van der Waals surface area contributed by atoms with Crippen LogP contribution in [0.1, 0.15) is 18.7 Å². The number of nitrogens with zero attached hydrogens (tertiary/aromatic N) is 2. The quantitative estimate of drug-likeness (QED) is 0.796. The third kappa shape index (κ3) is 3.42. The van der Waals surface area contributed by atoms with E-state index in [2.05, 4.69) is 33.3 Å². The molecule has 0 bridgehead atoms. The number of hydrogen-bond acceptors (Lipinski definition) is 3. The van der Waals surface area contributed by atoms with E-state index in [-0.39, 0.29) is 11.9 Å². The molecule has 1 heterocycles. The molecule has 0 aliphatic heterocycles. The van der Waals surface area contributed by atoms with Crippen molar-refractivity contribution < 1.29 is 4.39 Å². The van der Waals surface area contributed by atoms with Gasteiger partial charge in [-0.05, 0) is 42.0 Å². The van der Waals surface area contributed by atoms with Gasteiger partial charge in [-0.15, -0.1) is 11.8 Å². The number of aryl methyl sites for hydroxylation is 1. The van der Waals surface area contributed by atoms with Gasteiger partial charge >= 0.3 is 0 Å². The molecule has 2 rings (SSSR count). The molecule has 1 unspecified atom stereocenters. The highest BCUT2D eigenvalue weighted by molar-refractivity contribution is 9.10. The van der Waals surface area contributed by atoms with Crippen LogP contribution in [0, 0.1) is 5.82 Å². The van der Waals surface area contributed by atoms with Crippen LogP contribution in [0.4, 0.5) is 4.39 Å². The highest BCUT2D eigenvalue weighted by atomic mass is 79.9. The van der Waals surface area contributed by atoms with Crippen LogP contribution >= 0.6 is 27.7 Å². The molecule has 1 aromatic carbocycles. The van der Waals surface area contributed by atoms with Gasteiger partial charge < -0.3 is 5.32 Å². The molecule has 3 nitrogen and oxygen atoms in total. The van der Waals surface area contributed by atoms with Gasteiger partial charge in [-0.2, -0.15) is 5.10 Å². The Balaban J connectivity index is 2.13. The van der Waals surface area contributed by atoms with E-state index in [4.69, 9.17) is 0 Å². The maximum Gasteiger partial charge on any atom is 0.136 e. The van der Waals surface area contributed by atoms with Crippen LogP contribution in [-0.4, -0.2) is 22.6 Å². The van der Waals surface area contributed by atoms with Gasteiger partial charge in [0.1, 0.15) is 5.82 Å². The number of nitrogens with one attached hydrogen (secondary N) is 1. The molecule has 108 valence electrons. The number of hydrogen-bond donors (Lipinski definition) is 1. The van der Waals surface area contributed by atoms with Crippen LogP contribution in [0.25, 0.3) is 0 Å². The van der Waals surface area contributed by atoms with Crippen molar-refractivity contribution >= 4 is 27.7 Å². The number of halogens is 2. The van der Waals surface area contributed by atoms with E-state index in [1.807, 2.05) is 17.8 Å². The van der Waals surface area contributed by atoms with Crippen LogP contribution in [-0.2, 0) is 6.54 Å². The molecule has 0 fully saturated rings. The molecular weight excluding hydrogens is 341 g/mol. The van der Waals surface area contributed by atoms with E-state index in [1.54, 1.807) is 18.3 Å². The van der Waals surface area contributed by atoms with Gasteiger partial charge in [0.05, 0.1) is 22.4 Å². The summed E-state index contributed by atoms with van der Waals surface area (Å²) in [5.41, 5.74) is 1.10. The first kappa shape index (κ1) is 15.5. The van der Waals surface area contributed by atoms with E-state index in [0.29, 0.717) is 4.90 Å². The lowest BCUT2D eigenvalue weighted by atomic mass is 10.2. The Morgan fingerprint density at radius 2 is 2.20 bits per heavy atom. The zero-order valence-corrected chi connectivity index (χ0v) is 13.8. The Labute approximate surface area is 131 Å². The fraction of sp³-hybridized carbons (Fsp3) is 0.357. The summed E-state index contributed by atoms with van der Waals surface area (Å²) < 4.78 is 16.6. The molecular formula is C14H17BrFN3S. The molecule has 0 aliphatic rings. The van der Waals surface area contributed by atoms with Gasteiger partial charge in [0, 0.05) is 17.2 Å². The summed E-state index contributed by atoms with van der Waals surface area (Å²) >= 11 is 5.04. The van der Waals surface area contributed by atoms with Gasteiger partial charge in [0.15, 0.2) is 0 Å². The van der Waals surface area contributed by atoms with Gasteiger partial charge in [-0.25, -0.2) is 4.39 Å². The van der Waals surface area contributed by atoms with Crippen molar-refractivity contribution in [2.45, 2.75) is 24.4 Å². The van der Waals surface area contributed by atoms with Crippen LogP contribution in [0.2, 0.25) is 0 Å². The van der Waals surface area contributed by atoms with Crippen LogP contribution < -0.4 is 5.32 Å². The van der Waals surface area contributed by atoms with Gasteiger partial charge in [-0.3, -0.25) is 4.68 Å². The first-order valence-corrected chi connectivity index (χ1v) is 8.21. The zero-order valence-electron chi connectivity index (χ0n) is 11.4. The second-order valence-corrected chi connectivity index (χ2v) is 6.19. The van der Waals surface area contributed by atoms with Crippen molar-refractivity contribution in [3.8, 4) is 0 Å². The van der Waals surface area contributed by atoms with E-state index in [0.717, 1.165) is 22.5 Å². The smallest absolute Gasteiger partial charge is 0.136 e. The van der Waals surface area contributed by atoms with E-state index >= 15 is 0 Å². The Bertz CT molecular complexity index is 573. The van der Waals surface area contributed by atoms with E-state index in [9.17, 15) is 4.39 Å². The van der Waals surface area contributed by atoms with Crippen LogP contribution in [0.15, 0.2) is 39.8 Å². The van der Waals surface area contributed by atoms with Crippen molar-refractivity contribution in [3.63, 3.8) is 0 Å². The van der Waals surface area contributed by atoms with Crippen molar-refractivity contribution in [2.75, 3.05) is 12.8 Å². The maximum absolute atomic E-state index is 13.6. The summed E-state index contributed by atoms with van der Waals surface area (Å²) in [5, 5.41) is 7.60. The highest BCUT2D eigenvalue weighted by Gasteiger charge is 2.18. The van der Waals surface area contributed by atoms with Crippen molar-refractivity contribution in [3.05, 3.63) is 46.4 Å². The van der Waals surface area contributed by atoms with Gasteiger partial charge in [0.25, 0.3) is 0 Å². The van der Waals surface area contributed by atoms with Gasteiger partial charge in [0.2, 0.25) is 0 Å². The third-order valence-electron chi connectivity index (χ3n) is 3.05. The lowest BCUT2D eigenvalue weighted by molar-refractivity contribution is 0.547. The number of rotatable bonds is 6. The van der Waals surface area contributed by atoms with Crippen LogP contribution in [0.5, 0.6) is 0 Å². The molecule has 1 atom stereocenters. The molecule has 0 saturated heterocycles. The fourth-order valence-corrected chi connectivity index (χ4v) is 3.63. The topological polar surface area (TPSA) is 29.9 Å². The average molecular weight is 358 g/mol. The molecule has 1 aromatic heterocycles. The average Bonchev–Trinajstić information content (AvgIpc) is 2.83. The molecule has 0 spiro atoms. The second-order valence-electron chi connectivity index (χ2n) is 4.28. The predicted molar refractivity (Wildman–Crippen MR) is 84.5 cm³/mol. The summed E-state index contributed by atoms with van der Waals surface area (Å²) in [6, 6.07) is 6.96. The summed E-state index contributed by atoms with van der Waals surface area (Å²) in [6.45, 7) is 2.86. The SMILES string of the molecule is CCn1ncc(Br)c1C(CSc1ccccc1F)NC. The Hall–Kier alpha value is -0.850. The first-order valence-electron chi connectivity index (χ1n) is 6.43. The molecule has 0 saturated carbocycles. The van der Waals surface area contributed by atoms with Crippen LogP contribution in [0.3, 0.4) is 0 Å². The molecule has 0 radical (unpaired) electrons. The monoisotopic (exact) mass is 357 g/mol. The summed E-state index contributed by atoms with van der Waals surface area (Å²) in [6.07, 6.45) is 1.80. The Morgan fingerprint density at radius 1 is 1.45 bits per heavy atom. The molecule has 1 N–H and O–H groups in total. The molecule has 0 amide bonds. The Kier molecular flexibility index (Phi) is 5.63. The standard InChI is InChI=1S/C14H17BrFN3S/c1-3-19-14(10(15)8-18-19)12(17-2)9-20-13-7-5-4-6-11(13)16/h4-8,12,17H,3,9H2,1-2H3. The second kappa shape index (κ2) is 7.24.